The summed E-state index contributed by atoms with van der Waals surface area (Å²) in [7, 11) is -2.21. The number of aromatic nitrogens is 2. The molecule has 0 aliphatic rings. The van der Waals surface area contributed by atoms with E-state index in [9.17, 15) is 0 Å². The van der Waals surface area contributed by atoms with Gasteiger partial charge in [0.2, 0.25) is 5.44 Å². The van der Waals surface area contributed by atoms with Crippen molar-refractivity contribution in [1.82, 2.24) is 9.97 Å². The van der Waals surface area contributed by atoms with Gasteiger partial charge < -0.3 is 4.98 Å². The maximum atomic E-state index is 5.15. The van der Waals surface area contributed by atoms with E-state index in [-0.39, 0.29) is 24.0 Å². The first-order valence-electron chi connectivity index (χ1n) is 11.2. The molecule has 5 rings (SSSR count). The van der Waals surface area contributed by atoms with Crippen molar-refractivity contribution < 1.29 is 0 Å². The Balaban J connectivity index is 0.00000274. The third-order valence-corrected chi connectivity index (χ3v) is 11.0. The van der Waals surface area contributed by atoms with Crippen molar-refractivity contribution in [2.75, 3.05) is 5.75 Å². The molecule has 170 valence electrons. The van der Waals surface area contributed by atoms with Crippen molar-refractivity contribution in [2.24, 2.45) is 0 Å². The molecule has 2 nitrogen and oxygen atoms in total. The van der Waals surface area contributed by atoms with Crippen molar-refractivity contribution in [1.29, 1.82) is 0 Å². The lowest BCUT2D eigenvalue weighted by Crippen LogP contribution is -2.40. The Labute approximate surface area is 223 Å². The topological polar surface area (TPSA) is 28.7 Å². The Morgan fingerprint density at radius 2 is 1.06 bits per heavy atom. The molecule has 34 heavy (non-hydrogen) atoms. The molecule has 1 heterocycles. The van der Waals surface area contributed by atoms with E-state index in [2.05, 4.69) is 127 Å². The van der Waals surface area contributed by atoms with Gasteiger partial charge in [-0.2, -0.15) is 0 Å². The lowest BCUT2D eigenvalue weighted by atomic mass is 10.2. The Morgan fingerprint density at radius 1 is 0.647 bits per heavy atom. The minimum Gasteiger partial charge on any atom is -0.307 e. The van der Waals surface area contributed by atoms with E-state index in [1.807, 2.05) is 17.8 Å². The molecule has 0 unspecified atom stereocenters. The minimum atomic E-state index is -2.21. The number of benzene rings is 4. The number of halogens is 1. The summed E-state index contributed by atoms with van der Waals surface area (Å²) in [5.41, 5.74) is 2.32. The van der Waals surface area contributed by atoms with Crippen LogP contribution < -0.4 is 21.3 Å². The average Bonchev–Trinajstić information content (AvgIpc) is 3.31. The number of H-pyrrole nitrogens is 1. The van der Waals surface area contributed by atoms with Gasteiger partial charge in [-0.25, -0.2) is 4.98 Å². The van der Waals surface area contributed by atoms with Crippen LogP contribution in [0.4, 0.5) is 0 Å². The second kappa shape index (κ2) is 11.4. The summed E-state index contributed by atoms with van der Waals surface area (Å²) in [4.78, 5) is 8.98. The molecule has 4 aromatic carbocycles. The highest BCUT2D eigenvalue weighted by atomic mass is 127. The van der Waals surface area contributed by atoms with Gasteiger partial charge in [0.05, 0.1) is 0 Å². The summed E-state index contributed by atoms with van der Waals surface area (Å²) in [5, 5.41) is 5.05. The van der Waals surface area contributed by atoms with Crippen molar-refractivity contribution in [3.05, 3.63) is 121 Å². The Bertz CT molecular complexity index is 1210. The van der Waals surface area contributed by atoms with Crippen molar-refractivity contribution >= 4 is 64.3 Å². The molecule has 1 N–H and O–H groups in total. The molecule has 0 saturated carbocycles. The number of rotatable bonds is 7. The van der Waals surface area contributed by atoms with E-state index < -0.39 is 7.26 Å². The molecule has 5 heteroatoms. The van der Waals surface area contributed by atoms with Crippen LogP contribution >= 0.6 is 43.0 Å². The number of hydrogen-bond acceptors (Lipinski definition) is 2. The van der Waals surface area contributed by atoms with E-state index in [1.54, 1.807) is 0 Å². The van der Waals surface area contributed by atoms with Gasteiger partial charge >= 0.3 is 0 Å². The first-order chi connectivity index (χ1) is 16.3. The first kappa shape index (κ1) is 24.7. The molecular formula is C29H27IN2PS+. The van der Waals surface area contributed by atoms with Crippen LogP contribution in [0.25, 0.3) is 11.4 Å². The summed E-state index contributed by atoms with van der Waals surface area (Å²) in [6.07, 6.45) is 0. The smallest absolute Gasteiger partial charge is 0.210 e. The first-order valence-corrected chi connectivity index (χ1v) is 14.0. The summed E-state index contributed by atoms with van der Waals surface area (Å²) >= 11 is 1.81. The van der Waals surface area contributed by atoms with Gasteiger partial charge in [0.15, 0.2) is 12.3 Å². The van der Waals surface area contributed by atoms with E-state index in [0.717, 1.165) is 22.2 Å². The molecule has 0 saturated heterocycles. The number of thioether (sulfide) groups is 1. The van der Waals surface area contributed by atoms with Crippen LogP contribution in [0.2, 0.25) is 0 Å². The number of nitrogens with zero attached hydrogens (tertiary/aromatic N) is 1. The highest BCUT2D eigenvalue weighted by Gasteiger charge is 2.51. The molecule has 0 amide bonds. The number of nitrogens with one attached hydrogen (secondary N) is 1. The molecule has 0 radical (unpaired) electrons. The summed E-state index contributed by atoms with van der Waals surface area (Å²) in [5.74, 6) is 1.89. The largest absolute Gasteiger partial charge is 0.307 e. The molecule has 0 bridgehead atoms. The zero-order valence-corrected chi connectivity index (χ0v) is 23.0. The Morgan fingerprint density at radius 3 is 1.47 bits per heavy atom. The Kier molecular flexibility index (Phi) is 8.25. The van der Waals surface area contributed by atoms with E-state index in [4.69, 9.17) is 4.98 Å². The molecule has 5 aromatic rings. The predicted molar refractivity (Wildman–Crippen MR) is 161 cm³/mol. The standard InChI is InChI=1S/C29H26N2PS.HI/c1-2-33-29-28(30-27(31-29)23-15-7-3-8-16-23)32(24-17-9-4-10-18-24,25-19-11-5-12-20-25)26-21-13-6-14-22-26;/h3-22H,2H2,1H3,(H,30,31);1H/q+1;. The Hall–Kier alpha value is -2.40. The van der Waals surface area contributed by atoms with Gasteiger partial charge in [-0.15, -0.1) is 35.7 Å². The van der Waals surface area contributed by atoms with Gasteiger partial charge in [-0.3, -0.25) is 0 Å². The lowest BCUT2D eigenvalue weighted by Gasteiger charge is -2.26. The minimum absolute atomic E-state index is 0. The molecular weight excluding hydrogens is 566 g/mol. The lowest BCUT2D eigenvalue weighted by molar-refractivity contribution is 1.21. The van der Waals surface area contributed by atoms with Crippen LogP contribution in [0.3, 0.4) is 0 Å². The number of imidazole rings is 1. The van der Waals surface area contributed by atoms with Gasteiger partial charge in [0.1, 0.15) is 21.7 Å². The van der Waals surface area contributed by atoms with Crippen LogP contribution in [0.5, 0.6) is 0 Å². The highest BCUT2D eigenvalue weighted by Crippen LogP contribution is 2.55. The fourth-order valence-corrected chi connectivity index (χ4v) is 9.69. The highest BCUT2D eigenvalue weighted by molar-refractivity contribution is 14.0. The number of hydrogen-bond donors (Lipinski definition) is 1. The normalized spacial score (nSPS) is 11.1. The van der Waals surface area contributed by atoms with Crippen LogP contribution in [0.1, 0.15) is 6.92 Å². The molecule has 0 aliphatic heterocycles. The van der Waals surface area contributed by atoms with E-state index in [0.29, 0.717) is 0 Å². The van der Waals surface area contributed by atoms with Gasteiger partial charge in [-0.1, -0.05) is 91.9 Å². The zero-order chi connectivity index (χ0) is 22.5. The third-order valence-electron chi connectivity index (χ3n) is 5.75. The van der Waals surface area contributed by atoms with Crippen molar-refractivity contribution in [3.63, 3.8) is 0 Å². The fraction of sp³-hybridized carbons (Fsp3) is 0.0690. The van der Waals surface area contributed by atoms with Crippen LogP contribution in [-0.4, -0.2) is 15.7 Å². The molecule has 1 aromatic heterocycles. The van der Waals surface area contributed by atoms with Gasteiger partial charge in [0, 0.05) is 5.56 Å². The second-order valence-electron chi connectivity index (χ2n) is 7.72. The maximum absolute atomic E-state index is 5.15. The third kappa shape index (κ3) is 4.59. The van der Waals surface area contributed by atoms with Gasteiger partial charge in [0.25, 0.3) is 0 Å². The van der Waals surface area contributed by atoms with Crippen LogP contribution in [0, 0.1) is 0 Å². The van der Waals surface area contributed by atoms with E-state index >= 15 is 0 Å². The average molecular weight is 593 g/mol. The van der Waals surface area contributed by atoms with E-state index in [1.165, 1.54) is 21.3 Å². The van der Waals surface area contributed by atoms with Crippen molar-refractivity contribution in [2.45, 2.75) is 11.9 Å². The monoisotopic (exact) mass is 593 g/mol. The van der Waals surface area contributed by atoms with Crippen LogP contribution in [0.15, 0.2) is 126 Å². The molecule has 0 atom stereocenters. The SMILES string of the molecule is CCSc1nc(-c2ccccc2)[nH]c1[P+](c1ccccc1)(c1ccccc1)c1ccccc1.I. The van der Waals surface area contributed by atoms with Crippen LogP contribution in [-0.2, 0) is 0 Å². The molecule has 0 fully saturated rings. The summed E-state index contributed by atoms with van der Waals surface area (Å²) in [6.45, 7) is 2.19. The fourth-order valence-electron chi connectivity index (χ4n) is 4.33. The van der Waals surface area contributed by atoms with Gasteiger partial charge in [-0.05, 0) is 42.2 Å². The maximum Gasteiger partial charge on any atom is 0.210 e. The quantitative estimate of drug-likeness (QED) is 0.134. The summed E-state index contributed by atoms with van der Waals surface area (Å²) < 4.78 is 0. The summed E-state index contributed by atoms with van der Waals surface area (Å²) in [6, 6.07) is 43.3. The zero-order valence-electron chi connectivity index (χ0n) is 19.0. The predicted octanol–water partition coefficient (Wildman–Crippen LogP) is 6.43. The second-order valence-corrected chi connectivity index (χ2v) is 12.3. The molecule has 0 spiro atoms. The molecule has 0 aliphatic carbocycles. The van der Waals surface area contributed by atoms with Crippen molar-refractivity contribution in [3.8, 4) is 11.4 Å². The number of aromatic amines is 1.